The predicted octanol–water partition coefficient (Wildman–Crippen LogP) is 3.23. The van der Waals surface area contributed by atoms with Crippen LogP contribution in [0.1, 0.15) is 18.9 Å². The van der Waals surface area contributed by atoms with Gasteiger partial charge in [-0.05, 0) is 30.0 Å². The third-order valence-corrected chi connectivity index (χ3v) is 4.55. The molecule has 1 heterocycles. The molecule has 3 rings (SSSR count). The Kier molecular flexibility index (Phi) is 5.07. The lowest BCUT2D eigenvalue weighted by Gasteiger charge is -2.26. The molecule has 2 N–H and O–H groups in total. The van der Waals surface area contributed by atoms with E-state index in [0.29, 0.717) is 6.54 Å². The largest absolute Gasteiger partial charge is 0.480 e. The zero-order valence-corrected chi connectivity index (χ0v) is 14.7. The van der Waals surface area contributed by atoms with Gasteiger partial charge in [-0.15, -0.1) is 0 Å². The van der Waals surface area contributed by atoms with Crippen molar-refractivity contribution in [2.45, 2.75) is 31.8 Å². The maximum absolute atomic E-state index is 12.4. The molecule has 2 aromatic carbocycles. The van der Waals surface area contributed by atoms with Crippen LogP contribution in [0.5, 0.6) is 0 Å². The Balaban J connectivity index is 1.65. The number of nitrogens with zero attached hydrogens (tertiary/aromatic N) is 1. The van der Waals surface area contributed by atoms with Gasteiger partial charge < -0.3 is 15.0 Å². The van der Waals surface area contributed by atoms with E-state index in [1.807, 2.05) is 71.4 Å². The lowest BCUT2D eigenvalue weighted by atomic mass is 9.92. The normalized spacial score (nSPS) is 13.3. The molecule has 0 spiro atoms. The summed E-state index contributed by atoms with van der Waals surface area (Å²) in [7, 11) is 0. The van der Waals surface area contributed by atoms with Gasteiger partial charge in [0, 0.05) is 31.1 Å². The summed E-state index contributed by atoms with van der Waals surface area (Å²) in [6, 6.07) is 19.3. The maximum atomic E-state index is 12.4. The zero-order chi connectivity index (χ0) is 18.6. The summed E-state index contributed by atoms with van der Waals surface area (Å²) in [4.78, 5) is 24.1. The molecule has 0 saturated carbocycles. The Morgan fingerprint density at radius 1 is 1.04 bits per heavy atom. The van der Waals surface area contributed by atoms with E-state index in [1.54, 1.807) is 6.92 Å². The minimum atomic E-state index is -1.34. The second-order valence-electron chi connectivity index (χ2n) is 6.67. The number of para-hydroxylation sites is 1. The van der Waals surface area contributed by atoms with Gasteiger partial charge in [-0.3, -0.25) is 4.79 Å². The van der Waals surface area contributed by atoms with Crippen molar-refractivity contribution >= 4 is 22.8 Å². The number of nitrogens with one attached hydrogen (secondary N) is 1. The molecule has 3 aromatic rings. The van der Waals surface area contributed by atoms with Gasteiger partial charge in [0.2, 0.25) is 5.91 Å². The van der Waals surface area contributed by atoms with Crippen molar-refractivity contribution in [3.63, 3.8) is 0 Å². The monoisotopic (exact) mass is 350 g/mol. The molecule has 0 unspecified atom stereocenters. The first-order valence-electron chi connectivity index (χ1n) is 8.60. The van der Waals surface area contributed by atoms with E-state index in [2.05, 4.69) is 5.32 Å². The van der Waals surface area contributed by atoms with Gasteiger partial charge in [-0.25, -0.2) is 4.79 Å². The summed E-state index contributed by atoms with van der Waals surface area (Å²) in [5.74, 6) is -1.32. The number of aliphatic carboxylic acids is 1. The maximum Gasteiger partial charge on any atom is 0.329 e. The van der Waals surface area contributed by atoms with Gasteiger partial charge in [0.1, 0.15) is 5.54 Å². The standard InChI is InChI=1S/C21H22N2O3/c1-21(20(25)26,15-16-7-3-2-4-8-16)22-19(24)12-14-23-13-11-17-9-5-6-10-18(17)23/h2-11,13H,12,14-15H2,1H3,(H,22,24)(H,25,26)/t21-/m0/s1. The summed E-state index contributed by atoms with van der Waals surface area (Å²) in [6.45, 7) is 2.05. The number of amides is 1. The van der Waals surface area contributed by atoms with E-state index in [9.17, 15) is 14.7 Å². The Morgan fingerprint density at radius 2 is 1.73 bits per heavy atom. The zero-order valence-electron chi connectivity index (χ0n) is 14.7. The van der Waals surface area contributed by atoms with E-state index >= 15 is 0 Å². The molecule has 0 aliphatic rings. The van der Waals surface area contributed by atoms with Crippen molar-refractivity contribution < 1.29 is 14.7 Å². The molecule has 0 radical (unpaired) electrons. The van der Waals surface area contributed by atoms with Crippen molar-refractivity contribution in [3.05, 3.63) is 72.4 Å². The third kappa shape index (κ3) is 3.94. The predicted molar refractivity (Wildman–Crippen MR) is 101 cm³/mol. The molecule has 0 saturated heterocycles. The highest BCUT2D eigenvalue weighted by Crippen LogP contribution is 2.17. The molecule has 0 aliphatic heterocycles. The number of aromatic nitrogens is 1. The highest BCUT2D eigenvalue weighted by molar-refractivity contribution is 5.87. The lowest BCUT2D eigenvalue weighted by Crippen LogP contribution is -2.53. The van der Waals surface area contributed by atoms with Crippen LogP contribution in [0.3, 0.4) is 0 Å². The first kappa shape index (κ1) is 17.7. The quantitative estimate of drug-likeness (QED) is 0.687. The van der Waals surface area contributed by atoms with Crippen molar-refractivity contribution in [1.82, 2.24) is 9.88 Å². The molecule has 0 aliphatic carbocycles. The topological polar surface area (TPSA) is 71.3 Å². The van der Waals surface area contributed by atoms with Crippen molar-refractivity contribution in [3.8, 4) is 0 Å². The van der Waals surface area contributed by atoms with Crippen LogP contribution in [-0.2, 0) is 22.6 Å². The second-order valence-corrected chi connectivity index (χ2v) is 6.67. The van der Waals surface area contributed by atoms with Gasteiger partial charge in [0.25, 0.3) is 0 Å². The molecule has 26 heavy (non-hydrogen) atoms. The average molecular weight is 350 g/mol. The number of rotatable bonds is 7. The summed E-state index contributed by atoms with van der Waals surface area (Å²) in [6.07, 6.45) is 2.40. The van der Waals surface area contributed by atoms with Crippen LogP contribution < -0.4 is 5.32 Å². The van der Waals surface area contributed by atoms with E-state index in [0.717, 1.165) is 16.5 Å². The van der Waals surface area contributed by atoms with E-state index in [-0.39, 0.29) is 18.7 Å². The van der Waals surface area contributed by atoms with E-state index < -0.39 is 11.5 Å². The van der Waals surface area contributed by atoms with Crippen LogP contribution in [0.15, 0.2) is 66.9 Å². The number of aryl methyl sites for hydroxylation is 1. The van der Waals surface area contributed by atoms with Crippen molar-refractivity contribution in [2.75, 3.05) is 0 Å². The van der Waals surface area contributed by atoms with Gasteiger partial charge in [-0.1, -0.05) is 48.5 Å². The highest BCUT2D eigenvalue weighted by Gasteiger charge is 2.34. The second kappa shape index (κ2) is 7.44. The number of benzene rings is 2. The van der Waals surface area contributed by atoms with E-state index in [4.69, 9.17) is 0 Å². The summed E-state index contributed by atoms with van der Waals surface area (Å²) in [5.41, 5.74) is 0.594. The number of carbonyl (C=O) groups excluding carboxylic acids is 1. The number of fused-ring (bicyclic) bond motifs is 1. The van der Waals surface area contributed by atoms with Crippen LogP contribution in [0, 0.1) is 0 Å². The van der Waals surface area contributed by atoms with Gasteiger partial charge in [-0.2, -0.15) is 0 Å². The van der Waals surface area contributed by atoms with Crippen molar-refractivity contribution in [1.29, 1.82) is 0 Å². The fourth-order valence-electron chi connectivity index (χ4n) is 3.11. The third-order valence-electron chi connectivity index (χ3n) is 4.55. The fourth-order valence-corrected chi connectivity index (χ4v) is 3.11. The van der Waals surface area contributed by atoms with Crippen LogP contribution in [0.25, 0.3) is 10.9 Å². The molecule has 1 aromatic heterocycles. The number of carboxylic acids is 1. The molecule has 134 valence electrons. The van der Waals surface area contributed by atoms with Crippen LogP contribution in [-0.4, -0.2) is 27.1 Å². The molecule has 0 bridgehead atoms. The summed E-state index contributed by atoms with van der Waals surface area (Å²) < 4.78 is 2.00. The molecule has 1 atom stereocenters. The van der Waals surface area contributed by atoms with Crippen LogP contribution >= 0.6 is 0 Å². The first-order chi connectivity index (χ1) is 12.5. The molecule has 0 fully saturated rings. The number of hydrogen-bond donors (Lipinski definition) is 2. The minimum absolute atomic E-state index is 0.219. The van der Waals surface area contributed by atoms with Gasteiger partial charge >= 0.3 is 5.97 Å². The van der Waals surface area contributed by atoms with Gasteiger partial charge in [0.05, 0.1) is 0 Å². The molecular weight excluding hydrogens is 328 g/mol. The Bertz CT molecular complexity index is 917. The van der Waals surface area contributed by atoms with Crippen LogP contribution in [0.2, 0.25) is 0 Å². The Labute approximate surface area is 152 Å². The molecular formula is C21H22N2O3. The molecule has 5 nitrogen and oxygen atoms in total. The van der Waals surface area contributed by atoms with Gasteiger partial charge in [0.15, 0.2) is 0 Å². The fraction of sp³-hybridized carbons (Fsp3) is 0.238. The first-order valence-corrected chi connectivity index (χ1v) is 8.60. The highest BCUT2D eigenvalue weighted by atomic mass is 16.4. The van der Waals surface area contributed by atoms with Crippen molar-refractivity contribution in [2.24, 2.45) is 0 Å². The molecule has 5 heteroatoms. The number of carboxylic acid groups (broad SMARTS) is 1. The average Bonchev–Trinajstić information content (AvgIpc) is 3.04. The molecule has 1 amide bonds. The summed E-state index contributed by atoms with van der Waals surface area (Å²) >= 11 is 0. The van der Waals surface area contributed by atoms with E-state index in [1.165, 1.54) is 0 Å². The Morgan fingerprint density at radius 3 is 2.46 bits per heavy atom. The number of hydrogen-bond acceptors (Lipinski definition) is 2. The Hall–Kier alpha value is -3.08. The van der Waals surface area contributed by atoms with Crippen LogP contribution in [0.4, 0.5) is 0 Å². The number of carbonyl (C=O) groups is 2. The minimum Gasteiger partial charge on any atom is -0.480 e. The SMILES string of the molecule is C[C@@](Cc1ccccc1)(NC(=O)CCn1ccc2ccccc21)C(=O)O. The lowest BCUT2D eigenvalue weighted by molar-refractivity contribution is -0.146. The summed E-state index contributed by atoms with van der Waals surface area (Å²) in [5, 5.41) is 13.4. The smallest absolute Gasteiger partial charge is 0.329 e.